The van der Waals surface area contributed by atoms with Crippen molar-refractivity contribution >= 4 is 11.9 Å². The fraction of sp³-hybridized carbons (Fsp3) is 0.333. The Hall–Kier alpha value is -1.84. The molecule has 1 rings (SSSR count). The van der Waals surface area contributed by atoms with Crippen LogP contribution in [0.15, 0.2) is 30.3 Å². The second kappa shape index (κ2) is 5.90. The minimum Gasteiger partial charge on any atom is -0.481 e. The van der Waals surface area contributed by atoms with E-state index in [9.17, 15) is 9.59 Å². The van der Waals surface area contributed by atoms with Crippen LogP contribution >= 0.6 is 0 Å². The van der Waals surface area contributed by atoms with Crippen LogP contribution in [-0.4, -0.2) is 22.2 Å². The van der Waals surface area contributed by atoms with E-state index in [0.29, 0.717) is 6.42 Å². The van der Waals surface area contributed by atoms with Crippen LogP contribution in [0.5, 0.6) is 0 Å². The van der Waals surface area contributed by atoms with Crippen molar-refractivity contribution < 1.29 is 19.8 Å². The van der Waals surface area contributed by atoms with Gasteiger partial charge < -0.3 is 10.2 Å². The molecule has 86 valence electrons. The Morgan fingerprint density at radius 1 is 1.12 bits per heavy atom. The van der Waals surface area contributed by atoms with Crippen LogP contribution < -0.4 is 0 Å². The molecule has 0 radical (unpaired) electrons. The van der Waals surface area contributed by atoms with Gasteiger partial charge in [0.25, 0.3) is 0 Å². The number of carboxylic acid groups (broad SMARTS) is 2. The van der Waals surface area contributed by atoms with Crippen LogP contribution in [-0.2, 0) is 16.0 Å². The van der Waals surface area contributed by atoms with Gasteiger partial charge in [0.1, 0.15) is 0 Å². The molecule has 0 heterocycles. The highest BCUT2D eigenvalue weighted by molar-refractivity contribution is 5.72. The van der Waals surface area contributed by atoms with Crippen LogP contribution in [0.1, 0.15) is 18.4 Å². The normalized spacial score (nSPS) is 12.0. The van der Waals surface area contributed by atoms with E-state index in [1.54, 1.807) is 0 Å². The molecule has 16 heavy (non-hydrogen) atoms. The summed E-state index contributed by atoms with van der Waals surface area (Å²) in [6.45, 7) is 0. The van der Waals surface area contributed by atoms with Gasteiger partial charge in [-0.1, -0.05) is 30.3 Å². The van der Waals surface area contributed by atoms with E-state index in [1.807, 2.05) is 30.3 Å². The van der Waals surface area contributed by atoms with Gasteiger partial charge in [0.2, 0.25) is 0 Å². The number of hydrogen-bond acceptors (Lipinski definition) is 2. The Balaban J connectivity index is 2.58. The molecule has 0 amide bonds. The molecule has 1 atom stereocenters. The highest BCUT2D eigenvalue weighted by atomic mass is 16.4. The summed E-state index contributed by atoms with van der Waals surface area (Å²) in [7, 11) is 0. The molecule has 1 aromatic rings. The topological polar surface area (TPSA) is 74.6 Å². The van der Waals surface area contributed by atoms with Gasteiger partial charge in [-0.3, -0.25) is 9.59 Å². The Morgan fingerprint density at radius 3 is 2.25 bits per heavy atom. The van der Waals surface area contributed by atoms with E-state index in [-0.39, 0.29) is 12.8 Å². The minimum absolute atomic E-state index is 0.107. The maximum atomic E-state index is 10.9. The van der Waals surface area contributed by atoms with Gasteiger partial charge in [-0.05, 0) is 18.4 Å². The Kier molecular flexibility index (Phi) is 4.51. The first-order valence-electron chi connectivity index (χ1n) is 5.08. The zero-order valence-corrected chi connectivity index (χ0v) is 8.80. The molecule has 0 aliphatic rings. The predicted octanol–water partition coefficient (Wildman–Crippen LogP) is 1.79. The number of carbonyl (C=O) groups is 2. The molecule has 0 spiro atoms. The lowest BCUT2D eigenvalue weighted by molar-refractivity contribution is -0.142. The zero-order chi connectivity index (χ0) is 12.0. The zero-order valence-electron chi connectivity index (χ0n) is 8.80. The third kappa shape index (κ3) is 4.13. The molecule has 0 aliphatic heterocycles. The first kappa shape index (κ1) is 12.2. The highest BCUT2D eigenvalue weighted by Gasteiger charge is 2.18. The Labute approximate surface area is 93.5 Å². The molecule has 1 aromatic carbocycles. The van der Waals surface area contributed by atoms with Crippen molar-refractivity contribution in [2.45, 2.75) is 19.3 Å². The fourth-order valence-electron chi connectivity index (χ4n) is 1.51. The fourth-order valence-corrected chi connectivity index (χ4v) is 1.51. The molecule has 0 aromatic heterocycles. The van der Waals surface area contributed by atoms with E-state index >= 15 is 0 Å². The summed E-state index contributed by atoms with van der Waals surface area (Å²) in [5, 5.41) is 17.5. The number of benzene rings is 1. The molecular weight excluding hydrogens is 208 g/mol. The molecule has 0 bridgehead atoms. The number of hydrogen-bond donors (Lipinski definition) is 2. The smallest absolute Gasteiger partial charge is 0.306 e. The summed E-state index contributed by atoms with van der Waals surface area (Å²) in [5.74, 6) is -2.53. The van der Waals surface area contributed by atoms with Crippen LogP contribution in [0.4, 0.5) is 0 Å². The molecule has 0 saturated heterocycles. The van der Waals surface area contributed by atoms with Crippen molar-refractivity contribution in [2.75, 3.05) is 0 Å². The van der Waals surface area contributed by atoms with Gasteiger partial charge in [-0.2, -0.15) is 0 Å². The second-order valence-electron chi connectivity index (χ2n) is 3.66. The number of aliphatic carboxylic acids is 2. The average Bonchev–Trinajstić information content (AvgIpc) is 2.25. The summed E-state index contributed by atoms with van der Waals surface area (Å²) < 4.78 is 0. The first-order chi connectivity index (χ1) is 7.59. The summed E-state index contributed by atoms with van der Waals surface area (Å²) in [4.78, 5) is 21.3. The maximum Gasteiger partial charge on any atom is 0.306 e. The molecule has 4 heteroatoms. The van der Waals surface area contributed by atoms with Crippen molar-refractivity contribution in [1.82, 2.24) is 0 Å². The van der Waals surface area contributed by atoms with Crippen molar-refractivity contribution in [3.05, 3.63) is 35.9 Å². The van der Waals surface area contributed by atoms with E-state index in [0.717, 1.165) is 5.56 Å². The molecule has 4 nitrogen and oxygen atoms in total. The minimum atomic E-state index is -0.959. The third-order valence-corrected chi connectivity index (χ3v) is 2.38. The SMILES string of the molecule is O=C(O)CCC(Cc1ccccc1)C(=O)O. The van der Waals surface area contributed by atoms with Gasteiger partial charge in [0.05, 0.1) is 5.92 Å². The summed E-state index contributed by atoms with van der Waals surface area (Å²) in [6.07, 6.45) is 0.437. The third-order valence-electron chi connectivity index (χ3n) is 2.38. The van der Waals surface area contributed by atoms with E-state index in [2.05, 4.69) is 0 Å². The van der Waals surface area contributed by atoms with Crippen LogP contribution in [0.25, 0.3) is 0 Å². The van der Waals surface area contributed by atoms with Crippen LogP contribution in [0.2, 0.25) is 0 Å². The van der Waals surface area contributed by atoms with Gasteiger partial charge in [-0.25, -0.2) is 0 Å². The van der Waals surface area contributed by atoms with Crippen LogP contribution in [0, 0.1) is 5.92 Å². The van der Waals surface area contributed by atoms with Crippen molar-refractivity contribution in [1.29, 1.82) is 0 Å². The quantitative estimate of drug-likeness (QED) is 0.769. The second-order valence-corrected chi connectivity index (χ2v) is 3.66. The van der Waals surface area contributed by atoms with Crippen molar-refractivity contribution in [3.8, 4) is 0 Å². The number of carboxylic acids is 2. The Bertz CT molecular complexity index is 359. The standard InChI is InChI=1S/C12H14O4/c13-11(14)7-6-10(12(15)16)8-9-4-2-1-3-5-9/h1-5,10H,6-8H2,(H,13,14)(H,15,16). The monoisotopic (exact) mass is 222 g/mol. The molecule has 2 N–H and O–H groups in total. The van der Waals surface area contributed by atoms with E-state index in [4.69, 9.17) is 10.2 Å². The number of rotatable bonds is 6. The summed E-state index contributed by atoms with van der Waals surface area (Å²) in [6, 6.07) is 9.22. The molecular formula is C12H14O4. The van der Waals surface area contributed by atoms with Gasteiger partial charge >= 0.3 is 11.9 Å². The van der Waals surface area contributed by atoms with Gasteiger partial charge in [-0.15, -0.1) is 0 Å². The van der Waals surface area contributed by atoms with Gasteiger partial charge in [0, 0.05) is 6.42 Å². The molecule has 0 fully saturated rings. The van der Waals surface area contributed by atoms with Gasteiger partial charge in [0.15, 0.2) is 0 Å². The van der Waals surface area contributed by atoms with Crippen molar-refractivity contribution in [2.24, 2.45) is 5.92 Å². The maximum absolute atomic E-state index is 10.9. The molecule has 0 saturated carbocycles. The van der Waals surface area contributed by atoms with Crippen molar-refractivity contribution in [3.63, 3.8) is 0 Å². The largest absolute Gasteiger partial charge is 0.481 e. The highest BCUT2D eigenvalue weighted by Crippen LogP contribution is 2.14. The lowest BCUT2D eigenvalue weighted by Crippen LogP contribution is -2.17. The predicted molar refractivity (Wildman–Crippen MR) is 58.1 cm³/mol. The van der Waals surface area contributed by atoms with E-state index < -0.39 is 17.9 Å². The lowest BCUT2D eigenvalue weighted by atomic mass is 9.95. The average molecular weight is 222 g/mol. The van der Waals surface area contributed by atoms with Crippen LogP contribution in [0.3, 0.4) is 0 Å². The summed E-state index contributed by atoms with van der Waals surface area (Å²) in [5.41, 5.74) is 0.917. The molecule has 0 aliphatic carbocycles. The Morgan fingerprint density at radius 2 is 1.75 bits per heavy atom. The first-order valence-corrected chi connectivity index (χ1v) is 5.08. The summed E-state index contributed by atoms with van der Waals surface area (Å²) >= 11 is 0. The van der Waals surface area contributed by atoms with E-state index in [1.165, 1.54) is 0 Å². The molecule has 1 unspecified atom stereocenters. The lowest BCUT2D eigenvalue weighted by Gasteiger charge is -2.10.